The zero-order valence-electron chi connectivity index (χ0n) is 12.4. The topological polar surface area (TPSA) is 9.23 Å². The summed E-state index contributed by atoms with van der Waals surface area (Å²) in [5.41, 5.74) is 0.365. The molecule has 5 heteroatoms. The van der Waals surface area contributed by atoms with E-state index in [9.17, 15) is 13.2 Å². The normalized spacial score (nSPS) is 12.8. The molecule has 0 aromatic heterocycles. The van der Waals surface area contributed by atoms with E-state index >= 15 is 0 Å². The molecule has 0 amide bonds. The maximum atomic E-state index is 12.4. The van der Waals surface area contributed by atoms with Crippen LogP contribution in [0.3, 0.4) is 0 Å². The Hall–Kier alpha value is -0.813. The van der Waals surface area contributed by atoms with Gasteiger partial charge in [-0.25, -0.2) is 0 Å². The monoisotopic (exact) mass is 304 g/mol. The van der Waals surface area contributed by atoms with Crippen LogP contribution in [0.2, 0.25) is 0 Å². The fraction of sp³-hybridized carbons (Fsp3) is 0.600. The van der Waals surface area contributed by atoms with Gasteiger partial charge in [-0.15, -0.1) is 0 Å². The molecule has 0 unspecified atom stereocenters. The van der Waals surface area contributed by atoms with Crippen molar-refractivity contribution in [2.75, 3.05) is 0 Å². The van der Waals surface area contributed by atoms with Gasteiger partial charge in [0, 0.05) is 5.60 Å². The quantitative estimate of drug-likeness (QED) is 0.548. The van der Waals surface area contributed by atoms with Gasteiger partial charge in [-0.05, 0) is 50.8 Å². The van der Waals surface area contributed by atoms with Crippen molar-refractivity contribution in [2.24, 2.45) is 0 Å². The van der Waals surface area contributed by atoms with Crippen LogP contribution in [0, 0.1) is 0 Å². The van der Waals surface area contributed by atoms with E-state index in [4.69, 9.17) is 4.43 Å². The first-order valence-electron chi connectivity index (χ1n) is 6.96. The summed E-state index contributed by atoms with van der Waals surface area (Å²) in [7, 11) is 0.750. The van der Waals surface area contributed by atoms with Crippen LogP contribution < -0.4 is 0 Å². The van der Waals surface area contributed by atoms with Gasteiger partial charge >= 0.3 is 6.18 Å². The molecule has 1 aromatic rings. The molecule has 1 aromatic carbocycles. The van der Waals surface area contributed by atoms with E-state index in [2.05, 4.69) is 13.8 Å². The van der Waals surface area contributed by atoms with E-state index in [1.165, 1.54) is 0 Å². The molecule has 0 saturated carbocycles. The summed E-state index contributed by atoms with van der Waals surface area (Å²) < 4.78 is 42.7. The van der Waals surface area contributed by atoms with Crippen LogP contribution in [0.15, 0.2) is 24.3 Å². The highest BCUT2D eigenvalue weighted by Gasteiger charge is 2.29. The van der Waals surface area contributed by atoms with Crippen molar-refractivity contribution in [3.63, 3.8) is 0 Å². The van der Waals surface area contributed by atoms with Crippen molar-refractivity contribution >= 4 is 10.5 Å². The van der Waals surface area contributed by atoms with E-state index in [1.54, 1.807) is 12.1 Å². The Labute approximate surface area is 122 Å². The smallest absolute Gasteiger partial charge is 0.416 e. The van der Waals surface area contributed by atoms with E-state index in [0.717, 1.165) is 60.3 Å². The fourth-order valence-corrected chi connectivity index (χ4v) is 2.22. The fourth-order valence-electron chi connectivity index (χ4n) is 2.02. The molecule has 0 N–H and O–H groups in total. The van der Waals surface area contributed by atoms with Crippen LogP contribution in [-0.2, 0) is 17.0 Å². The van der Waals surface area contributed by atoms with Gasteiger partial charge in [0.15, 0.2) is 0 Å². The summed E-state index contributed by atoms with van der Waals surface area (Å²) in [6.45, 7) is 4.19. The van der Waals surface area contributed by atoms with E-state index in [0.29, 0.717) is 0 Å². The molecule has 0 fully saturated rings. The lowest BCUT2D eigenvalue weighted by molar-refractivity contribution is -0.137. The van der Waals surface area contributed by atoms with Crippen LogP contribution in [-0.4, -0.2) is 16.1 Å². The van der Waals surface area contributed by atoms with Gasteiger partial charge in [0.2, 0.25) is 0 Å². The number of halogens is 3. The third-order valence-electron chi connectivity index (χ3n) is 3.58. The Morgan fingerprint density at radius 3 is 2.10 bits per heavy atom. The number of benzene rings is 1. The molecule has 0 atom stereocenters. The average Bonchev–Trinajstić information content (AvgIpc) is 2.38. The van der Waals surface area contributed by atoms with Gasteiger partial charge < -0.3 is 4.43 Å². The summed E-state index contributed by atoms with van der Waals surface area (Å²) in [6, 6.07) is 5.48. The van der Waals surface area contributed by atoms with Crippen LogP contribution >= 0.6 is 0 Å². The molecule has 0 aliphatic carbocycles. The second kappa shape index (κ2) is 7.27. The largest absolute Gasteiger partial charge is 0.423 e. The van der Waals surface area contributed by atoms with Crippen molar-refractivity contribution < 1.29 is 17.6 Å². The molecule has 0 heterocycles. The lowest BCUT2D eigenvalue weighted by Gasteiger charge is -2.23. The van der Waals surface area contributed by atoms with Crippen molar-refractivity contribution in [2.45, 2.75) is 57.7 Å². The Bertz CT molecular complexity index is 399. The molecular formula is C15H23F3OSi. The molecular weight excluding hydrogens is 281 g/mol. The van der Waals surface area contributed by atoms with Crippen LogP contribution in [0.25, 0.3) is 0 Å². The van der Waals surface area contributed by atoms with Crippen molar-refractivity contribution in [3.8, 4) is 0 Å². The molecule has 1 rings (SSSR count). The Kier molecular flexibility index (Phi) is 6.26. The van der Waals surface area contributed by atoms with Gasteiger partial charge in [0.05, 0.1) is 5.56 Å². The summed E-state index contributed by atoms with van der Waals surface area (Å²) in [5, 5.41) is 0. The number of hydrogen-bond acceptors (Lipinski definition) is 1. The molecule has 0 spiro atoms. The van der Waals surface area contributed by atoms with Crippen molar-refractivity contribution in [3.05, 3.63) is 35.4 Å². The van der Waals surface area contributed by atoms with E-state index in [-0.39, 0.29) is 5.60 Å². The zero-order valence-corrected chi connectivity index (χ0v) is 14.4. The third-order valence-corrected chi connectivity index (χ3v) is 4.68. The highest BCUT2D eigenvalue weighted by Crippen LogP contribution is 2.29. The number of hydrogen-bond donors (Lipinski definition) is 0. The second-order valence-corrected chi connectivity index (χ2v) is 6.13. The zero-order chi connectivity index (χ0) is 15.2. The molecule has 0 aliphatic rings. The Morgan fingerprint density at radius 1 is 1.00 bits per heavy atom. The first kappa shape index (κ1) is 17.2. The minimum atomic E-state index is -4.24. The maximum Gasteiger partial charge on any atom is 0.416 e. The van der Waals surface area contributed by atoms with Crippen LogP contribution in [0.5, 0.6) is 0 Å². The number of unbranched alkanes of at least 4 members (excludes halogenated alkanes) is 2. The molecule has 20 heavy (non-hydrogen) atoms. The Balaban J connectivity index is 2.29. The predicted octanol–water partition coefficient (Wildman–Crippen LogP) is 3.88. The number of rotatable bonds is 7. The number of alkyl halides is 3. The third kappa shape index (κ3) is 6.09. The molecule has 0 saturated heterocycles. The Morgan fingerprint density at radius 2 is 1.60 bits per heavy atom. The minimum Gasteiger partial charge on any atom is -0.423 e. The van der Waals surface area contributed by atoms with Crippen molar-refractivity contribution in [1.29, 1.82) is 0 Å². The first-order valence-corrected chi connectivity index (χ1v) is 7.77. The van der Waals surface area contributed by atoms with Crippen molar-refractivity contribution in [1.82, 2.24) is 0 Å². The summed E-state index contributed by atoms with van der Waals surface area (Å²) in [6.07, 6.45) is 0.797. The summed E-state index contributed by atoms with van der Waals surface area (Å²) in [5.74, 6) is 0. The highest BCUT2D eigenvalue weighted by atomic mass is 28.2. The molecule has 0 aliphatic heterocycles. The summed E-state index contributed by atoms with van der Waals surface area (Å²) >= 11 is 0. The maximum absolute atomic E-state index is 12.4. The van der Waals surface area contributed by atoms with Crippen LogP contribution in [0.1, 0.15) is 50.7 Å². The average molecular weight is 304 g/mol. The van der Waals surface area contributed by atoms with Gasteiger partial charge in [0.1, 0.15) is 10.5 Å². The van der Waals surface area contributed by atoms with Crippen LogP contribution in [0.4, 0.5) is 13.2 Å². The van der Waals surface area contributed by atoms with Gasteiger partial charge in [-0.1, -0.05) is 25.0 Å². The van der Waals surface area contributed by atoms with Gasteiger partial charge in [0.25, 0.3) is 0 Å². The standard InChI is InChI=1S/C15H23F3OSi/c1-14(2,19-20)11-5-3-4-6-12-7-9-13(10-8-12)15(16,17)18/h7-10H,3-6,11H2,1-2,20H3. The molecule has 0 bridgehead atoms. The molecule has 0 radical (unpaired) electrons. The second-order valence-electron chi connectivity index (χ2n) is 5.72. The predicted molar refractivity (Wildman–Crippen MR) is 78.7 cm³/mol. The minimum absolute atomic E-state index is 0.0272. The van der Waals surface area contributed by atoms with Gasteiger partial charge in [-0.2, -0.15) is 13.2 Å². The number of aryl methyl sites for hydroxylation is 1. The van der Waals surface area contributed by atoms with E-state index < -0.39 is 11.7 Å². The highest BCUT2D eigenvalue weighted by molar-refractivity contribution is 5.98. The molecule has 1 nitrogen and oxygen atoms in total. The van der Waals surface area contributed by atoms with Gasteiger partial charge in [-0.3, -0.25) is 0 Å². The molecule has 114 valence electrons. The first-order chi connectivity index (χ1) is 9.24. The lowest BCUT2D eigenvalue weighted by Crippen LogP contribution is -2.22. The summed E-state index contributed by atoms with van der Waals surface area (Å²) in [4.78, 5) is 0. The SMILES string of the molecule is CC(C)(CCCCCc1ccc(C(F)(F)F)cc1)O[SiH3]. The van der Waals surface area contributed by atoms with E-state index in [1.807, 2.05) is 0 Å². The lowest BCUT2D eigenvalue weighted by atomic mass is 9.99.